The maximum atomic E-state index is 5.85. The quantitative estimate of drug-likeness (QED) is 0.154. The van der Waals surface area contributed by atoms with Crippen molar-refractivity contribution >= 4 is 0 Å². The van der Waals surface area contributed by atoms with Crippen LogP contribution in [0.5, 0.6) is 0 Å². The zero-order valence-corrected chi connectivity index (χ0v) is 18.8. The Kier molecular flexibility index (Phi) is 22.4. The van der Waals surface area contributed by atoms with Gasteiger partial charge in [0.2, 0.25) is 0 Å². The summed E-state index contributed by atoms with van der Waals surface area (Å²) >= 11 is 0. The van der Waals surface area contributed by atoms with Crippen molar-refractivity contribution < 1.29 is 14.2 Å². The highest BCUT2D eigenvalue weighted by Crippen LogP contribution is 2.35. The second-order valence-corrected chi connectivity index (χ2v) is 7.06. The molecule has 0 aliphatic rings. The van der Waals surface area contributed by atoms with Gasteiger partial charge in [0.15, 0.2) is 5.79 Å². The third-order valence-electron chi connectivity index (χ3n) is 5.01. The van der Waals surface area contributed by atoms with Gasteiger partial charge in [-0.3, -0.25) is 0 Å². The van der Waals surface area contributed by atoms with Gasteiger partial charge in [0, 0.05) is 40.3 Å². The summed E-state index contributed by atoms with van der Waals surface area (Å²) in [5.74, 6) is 0.0510. The van der Waals surface area contributed by atoms with Crippen LogP contribution in [0.3, 0.4) is 0 Å². The lowest BCUT2D eigenvalue weighted by Gasteiger charge is -2.38. The molecule has 0 aliphatic carbocycles. The second-order valence-electron chi connectivity index (χ2n) is 7.06. The molecule has 0 fully saturated rings. The lowest BCUT2D eigenvalue weighted by atomic mass is 9.85. The molecule has 3 heteroatoms. The molecular formula is C23H48O3. The third-order valence-corrected chi connectivity index (χ3v) is 5.01. The van der Waals surface area contributed by atoms with Gasteiger partial charge in [-0.25, -0.2) is 0 Å². The Balaban J connectivity index is 0. The van der Waals surface area contributed by atoms with Crippen molar-refractivity contribution in [3.63, 3.8) is 0 Å². The fourth-order valence-electron chi connectivity index (χ4n) is 3.40. The molecule has 0 rings (SSSR count). The van der Waals surface area contributed by atoms with Gasteiger partial charge in [-0.05, 0) is 25.7 Å². The Morgan fingerprint density at radius 3 is 1.81 bits per heavy atom. The maximum absolute atomic E-state index is 5.85. The van der Waals surface area contributed by atoms with Gasteiger partial charge in [0.1, 0.15) is 0 Å². The third kappa shape index (κ3) is 13.8. The van der Waals surface area contributed by atoms with E-state index in [1.165, 1.54) is 44.9 Å². The molecule has 0 saturated heterocycles. The maximum Gasteiger partial charge on any atom is 0.170 e. The Bertz CT molecular complexity index is 275. The largest absolute Gasteiger partial charge is 0.385 e. The van der Waals surface area contributed by atoms with E-state index in [4.69, 9.17) is 14.2 Å². The van der Waals surface area contributed by atoms with Gasteiger partial charge in [0.25, 0.3) is 0 Å². The molecule has 0 saturated carbocycles. The lowest BCUT2D eigenvalue weighted by Crippen LogP contribution is -2.42. The van der Waals surface area contributed by atoms with Crippen molar-refractivity contribution in [2.75, 3.05) is 27.9 Å². The van der Waals surface area contributed by atoms with E-state index < -0.39 is 5.79 Å². The molecule has 0 aromatic rings. The fourth-order valence-corrected chi connectivity index (χ4v) is 3.40. The van der Waals surface area contributed by atoms with E-state index in [9.17, 15) is 0 Å². The molecule has 1 atom stereocenters. The summed E-state index contributed by atoms with van der Waals surface area (Å²) in [6.07, 6.45) is 16.4. The molecule has 0 N–H and O–H groups in total. The van der Waals surface area contributed by atoms with Crippen molar-refractivity contribution in [3.8, 4) is 0 Å². The van der Waals surface area contributed by atoms with Crippen LogP contribution in [-0.2, 0) is 14.2 Å². The molecular weight excluding hydrogens is 324 g/mol. The van der Waals surface area contributed by atoms with Gasteiger partial charge in [0.05, 0.1) is 0 Å². The van der Waals surface area contributed by atoms with Crippen molar-refractivity contribution in [1.82, 2.24) is 0 Å². The SMILES string of the molecule is C=CCC.CCCCCCCCC(CCCOC)C(CCC)(OC)OC. The molecule has 0 heterocycles. The molecule has 26 heavy (non-hydrogen) atoms. The number of methoxy groups -OCH3 is 3. The predicted molar refractivity (Wildman–Crippen MR) is 115 cm³/mol. The highest BCUT2D eigenvalue weighted by molar-refractivity contribution is 4.79. The van der Waals surface area contributed by atoms with Crippen LogP contribution in [0, 0.1) is 5.92 Å². The average Bonchev–Trinajstić information content (AvgIpc) is 2.68. The number of rotatable bonds is 17. The predicted octanol–water partition coefficient (Wildman–Crippen LogP) is 7.15. The highest BCUT2D eigenvalue weighted by atomic mass is 16.7. The second kappa shape index (κ2) is 20.9. The molecule has 0 amide bonds. The van der Waals surface area contributed by atoms with Gasteiger partial charge >= 0.3 is 0 Å². The average molecular weight is 373 g/mol. The number of ether oxygens (including phenoxy) is 3. The molecule has 0 spiro atoms. The van der Waals surface area contributed by atoms with Crippen LogP contribution in [0.15, 0.2) is 12.7 Å². The Labute approximate surface area is 164 Å². The first-order chi connectivity index (χ1) is 12.6. The Morgan fingerprint density at radius 1 is 0.808 bits per heavy atom. The summed E-state index contributed by atoms with van der Waals surface area (Å²) in [4.78, 5) is 0. The van der Waals surface area contributed by atoms with Gasteiger partial charge in [-0.15, -0.1) is 6.58 Å². The highest BCUT2D eigenvalue weighted by Gasteiger charge is 2.37. The van der Waals surface area contributed by atoms with Crippen molar-refractivity contribution in [3.05, 3.63) is 12.7 Å². The molecule has 0 radical (unpaired) electrons. The number of unbranched alkanes of at least 4 members (excludes halogenated alkanes) is 5. The number of allylic oxidation sites excluding steroid dienone is 1. The Hall–Kier alpha value is -0.380. The molecule has 158 valence electrons. The summed E-state index contributed by atoms with van der Waals surface area (Å²) in [5.41, 5.74) is 0. The number of hydrogen-bond donors (Lipinski definition) is 0. The molecule has 0 bridgehead atoms. The van der Waals surface area contributed by atoms with Crippen molar-refractivity contribution in [2.45, 2.75) is 104 Å². The summed E-state index contributed by atoms with van der Waals surface area (Å²) in [6.45, 7) is 10.8. The first-order valence-electron chi connectivity index (χ1n) is 10.8. The molecule has 1 unspecified atom stereocenters. The van der Waals surface area contributed by atoms with E-state index in [1.807, 2.05) is 6.08 Å². The minimum atomic E-state index is -0.411. The summed E-state index contributed by atoms with van der Waals surface area (Å²) in [5, 5.41) is 0. The lowest BCUT2D eigenvalue weighted by molar-refractivity contribution is -0.247. The molecule has 3 nitrogen and oxygen atoms in total. The molecule has 0 aromatic carbocycles. The molecule has 0 aliphatic heterocycles. The monoisotopic (exact) mass is 372 g/mol. The topological polar surface area (TPSA) is 27.7 Å². The van der Waals surface area contributed by atoms with Crippen LogP contribution in [-0.4, -0.2) is 33.7 Å². The van der Waals surface area contributed by atoms with Crippen LogP contribution in [0.25, 0.3) is 0 Å². The van der Waals surface area contributed by atoms with Crippen LogP contribution >= 0.6 is 0 Å². The summed E-state index contributed by atoms with van der Waals surface area (Å²) in [6, 6.07) is 0. The zero-order valence-electron chi connectivity index (χ0n) is 18.8. The fraction of sp³-hybridized carbons (Fsp3) is 0.913. The minimum Gasteiger partial charge on any atom is -0.385 e. The van der Waals surface area contributed by atoms with Gasteiger partial charge in [-0.2, -0.15) is 0 Å². The van der Waals surface area contributed by atoms with Gasteiger partial charge in [-0.1, -0.05) is 71.8 Å². The van der Waals surface area contributed by atoms with E-state index in [-0.39, 0.29) is 0 Å². The standard InChI is InChI=1S/C19H40O3.C4H8/c1-6-8-9-10-11-12-14-18(15-13-17-20-3)19(21-4,22-5)16-7-2;1-3-4-2/h18H,6-17H2,1-5H3;3H,1,4H2,2H3. The number of hydrogen-bond acceptors (Lipinski definition) is 3. The summed E-state index contributed by atoms with van der Waals surface area (Å²) < 4.78 is 16.9. The van der Waals surface area contributed by atoms with E-state index >= 15 is 0 Å². The normalized spacial score (nSPS) is 12.4. The first-order valence-corrected chi connectivity index (χ1v) is 10.8. The minimum absolute atomic E-state index is 0.411. The molecule has 0 aromatic heterocycles. The van der Waals surface area contributed by atoms with Gasteiger partial charge < -0.3 is 14.2 Å². The van der Waals surface area contributed by atoms with Crippen molar-refractivity contribution in [1.29, 1.82) is 0 Å². The van der Waals surface area contributed by atoms with E-state index in [2.05, 4.69) is 27.4 Å². The Morgan fingerprint density at radius 2 is 1.35 bits per heavy atom. The van der Waals surface area contributed by atoms with Crippen LogP contribution in [0.1, 0.15) is 97.8 Å². The smallest absolute Gasteiger partial charge is 0.170 e. The van der Waals surface area contributed by atoms with Crippen LogP contribution in [0.2, 0.25) is 0 Å². The van der Waals surface area contributed by atoms with Crippen molar-refractivity contribution in [2.24, 2.45) is 5.92 Å². The van der Waals surface area contributed by atoms with E-state index in [0.29, 0.717) is 5.92 Å². The first kappa shape index (κ1) is 27.8. The van der Waals surface area contributed by atoms with E-state index in [1.54, 1.807) is 21.3 Å². The zero-order chi connectivity index (χ0) is 20.1. The van der Waals surface area contributed by atoms with Crippen LogP contribution in [0.4, 0.5) is 0 Å². The van der Waals surface area contributed by atoms with E-state index in [0.717, 1.165) is 38.7 Å². The van der Waals surface area contributed by atoms with Crippen LogP contribution < -0.4 is 0 Å². The summed E-state index contributed by atoms with van der Waals surface area (Å²) in [7, 11) is 5.36.